The molecule has 1 spiro atoms. The molecule has 17 heteroatoms. The first-order chi connectivity index (χ1) is 29.1. The molecule has 5 amide bonds. The number of alkyl halides is 1. The molecule has 0 radical (unpaired) electrons. The number of rotatable bonds is 9. The number of piperidine rings is 1. The largest absolute Gasteiger partial charge is 0.385 e. The van der Waals surface area contributed by atoms with Gasteiger partial charge in [0.25, 0.3) is 11.8 Å². The van der Waals surface area contributed by atoms with E-state index >= 15 is 0 Å². The van der Waals surface area contributed by atoms with Gasteiger partial charge in [0.15, 0.2) is 17.2 Å². The quantitative estimate of drug-likeness (QED) is 0.180. The van der Waals surface area contributed by atoms with Crippen molar-refractivity contribution in [2.75, 3.05) is 61.4 Å². The average Bonchev–Trinajstić information content (AvgIpc) is 3.55. The van der Waals surface area contributed by atoms with E-state index in [1.54, 1.807) is 25.2 Å². The van der Waals surface area contributed by atoms with Crippen LogP contribution in [0.15, 0.2) is 67.0 Å². The van der Waals surface area contributed by atoms with Crippen molar-refractivity contribution < 1.29 is 23.6 Å². The Morgan fingerprint density at radius 1 is 0.950 bits per heavy atom. The van der Waals surface area contributed by atoms with Gasteiger partial charge in [0, 0.05) is 94.8 Å². The van der Waals surface area contributed by atoms with Crippen LogP contribution in [-0.2, 0) is 17.8 Å². The molecular weight excluding hydrogens is 789 g/mol. The molecule has 4 fully saturated rings. The number of carbonyl (C=O) groups is 4. The van der Waals surface area contributed by atoms with Gasteiger partial charge >= 0.3 is 6.03 Å². The number of hydrogen-bond donors (Lipinski definition) is 3. The number of fused-ring (bicyclic) bond motifs is 2. The highest BCUT2D eigenvalue weighted by Gasteiger charge is 2.45. The van der Waals surface area contributed by atoms with Gasteiger partial charge in [0.2, 0.25) is 5.91 Å². The van der Waals surface area contributed by atoms with Crippen LogP contribution in [-0.4, -0.2) is 112 Å². The van der Waals surface area contributed by atoms with Crippen LogP contribution in [0.3, 0.4) is 0 Å². The van der Waals surface area contributed by atoms with Crippen LogP contribution in [0.4, 0.5) is 32.1 Å². The summed E-state index contributed by atoms with van der Waals surface area (Å²) in [6.07, 6.45) is 5.55. The fourth-order valence-electron chi connectivity index (χ4n) is 9.17. The molecule has 2 aromatic carbocycles. The topological polar surface area (TPSA) is 160 Å². The van der Waals surface area contributed by atoms with Crippen LogP contribution in [0.25, 0.3) is 16.9 Å². The van der Waals surface area contributed by atoms with E-state index in [0.29, 0.717) is 53.8 Å². The number of urea groups is 1. The first kappa shape index (κ1) is 38.1. The van der Waals surface area contributed by atoms with Crippen molar-refractivity contribution in [3.8, 4) is 11.3 Å². The Balaban J connectivity index is 0.767. The van der Waals surface area contributed by atoms with E-state index in [-0.39, 0.29) is 35.9 Å². The monoisotopic (exact) mass is 831 g/mol. The molecule has 1 aliphatic carbocycles. The van der Waals surface area contributed by atoms with E-state index in [9.17, 15) is 23.6 Å². The minimum Gasteiger partial charge on any atom is -0.385 e. The number of halogens is 2. The lowest BCUT2D eigenvalue weighted by Gasteiger charge is -2.54. The van der Waals surface area contributed by atoms with Crippen molar-refractivity contribution in [3.63, 3.8) is 0 Å². The molecule has 4 aliphatic heterocycles. The highest BCUT2D eigenvalue weighted by Crippen LogP contribution is 2.43. The lowest BCUT2D eigenvalue weighted by atomic mass is 9.72. The van der Waals surface area contributed by atoms with E-state index in [1.165, 1.54) is 21.2 Å². The van der Waals surface area contributed by atoms with Gasteiger partial charge in [-0.05, 0) is 66.1 Å². The predicted molar refractivity (Wildman–Crippen MR) is 223 cm³/mol. The molecular formula is C43H43ClFN11O4. The molecule has 2 atom stereocenters. The molecule has 3 N–H and O–H groups in total. The van der Waals surface area contributed by atoms with Crippen molar-refractivity contribution >= 4 is 63.9 Å². The normalized spacial score (nSPS) is 20.9. The number of benzene rings is 2. The number of imide groups is 1. The predicted octanol–water partition coefficient (Wildman–Crippen LogP) is 5.21. The number of pyridine rings is 1. The van der Waals surface area contributed by atoms with E-state index in [0.717, 1.165) is 67.1 Å². The molecule has 5 aromatic rings. The molecule has 1 saturated carbocycles. The second-order valence-electron chi connectivity index (χ2n) is 16.5. The Morgan fingerprint density at radius 3 is 2.48 bits per heavy atom. The number of amides is 5. The van der Waals surface area contributed by atoms with Gasteiger partial charge in [-0.2, -0.15) is 0 Å². The highest BCUT2D eigenvalue weighted by molar-refractivity contribution is 6.34. The molecule has 3 aromatic heterocycles. The van der Waals surface area contributed by atoms with Gasteiger partial charge in [0.05, 0.1) is 34.3 Å². The van der Waals surface area contributed by atoms with Crippen LogP contribution < -0.4 is 25.8 Å². The van der Waals surface area contributed by atoms with E-state index in [1.807, 2.05) is 23.2 Å². The third-order valence-electron chi connectivity index (χ3n) is 12.6. The van der Waals surface area contributed by atoms with Crippen LogP contribution in [0.5, 0.6) is 0 Å². The minimum absolute atomic E-state index is 0.0891. The number of carbonyl (C=O) groups excluding carboxylic acids is 4. The molecule has 0 bridgehead atoms. The second kappa shape index (κ2) is 14.9. The van der Waals surface area contributed by atoms with Crippen LogP contribution in [0, 0.1) is 5.41 Å². The Labute approximate surface area is 349 Å². The molecule has 5 aliphatic rings. The number of hydrogen-bond acceptors (Lipinski definition) is 10. The molecule has 10 rings (SSSR count). The zero-order chi connectivity index (χ0) is 41.3. The SMILES string of the molecule is CNc1cc(N2CCc3c(-c4ccc(CN5CC6(CCN(C(=O)c7ccc(Cl)c(N8CCC(=O)NC8=O)c7)CC6)C5)cn4)cccc32)nn2c(C(=O)N[C@@H]3C[C@@H]3F)cnc12. The summed E-state index contributed by atoms with van der Waals surface area (Å²) < 4.78 is 15.1. The van der Waals surface area contributed by atoms with Crippen LogP contribution in [0.2, 0.25) is 5.02 Å². The number of imidazole rings is 1. The van der Waals surface area contributed by atoms with Crippen molar-refractivity contribution in [2.45, 2.75) is 50.9 Å². The van der Waals surface area contributed by atoms with Gasteiger partial charge in [-0.15, -0.1) is 5.10 Å². The van der Waals surface area contributed by atoms with Gasteiger partial charge in [-0.1, -0.05) is 29.8 Å². The van der Waals surface area contributed by atoms with Crippen molar-refractivity contribution in [3.05, 3.63) is 94.4 Å². The smallest absolute Gasteiger partial charge is 0.328 e. The van der Waals surface area contributed by atoms with Crippen LogP contribution in [0.1, 0.15) is 57.7 Å². The summed E-state index contributed by atoms with van der Waals surface area (Å²) in [5, 5.41) is 13.4. The molecule has 308 valence electrons. The van der Waals surface area contributed by atoms with Gasteiger partial charge in [-0.25, -0.2) is 18.7 Å². The maximum atomic E-state index is 13.6. The number of anilines is 4. The third kappa shape index (κ3) is 6.86. The maximum absolute atomic E-state index is 13.6. The number of aromatic nitrogens is 4. The minimum atomic E-state index is -1.01. The lowest BCUT2D eigenvalue weighted by molar-refractivity contribution is -0.120. The van der Waals surface area contributed by atoms with Crippen LogP contribution >= 0.6 is 11.6 Å². The summed E-state index contributed by atoms with van der Waals surface area (Å²) >= 11 is 6.42. The second-order valence-corrected chi connectivity index (χ2v) is 16.9. The maximum Gasteiger partial charge on any atom is 0.328 e. The summed E-state index contributed by atoms with van der Waals surface area (Å²) in [5.41, 5.74) is 7.87. The Bertz CT molecular complexity index is 2570. The fourth-order valence-corrected chi connectivity index (χ4v) is 9.39. The van der Waals surface area contributed by atoms with Crippen molar-refractivity contribution in [1.29, 1.82) is 0 Å². The lowest BCUT2D eigenvalue weighted by Crippen LogP contribution is -2.60. The number of likely N-dealkylation sites (tertiary alicyclic amines) is 2. The van der Waals surface area contributed by atoms with E-state index in [2.05, 4.69) is 55.0 Å². The van der Waals surface area contributed by atoms with E-state index < -0.39 is 24.2 Å². The summed E-state index contributed by atoms with van der Waals surface area (Å²) in [7, 11) is 1.80. The molecule has 7 heterocycles. The molecule has 3 saturated heterocycles. The van der Waals surface area contributed by atoms with E-state index in [4.69, 9.17) is 21.7 Å². The first-order valence-electron chi connectivity index (χ1n) is 20.4. The molecule has 0 unspecified atom stereocenters. The zero-order valence-electron chi connectivity index (χ0n) is 33.0. The highest BCUT2D eigenvalue weighted by atomic mass is 35.5. The molecule has 15 nitrogen and oxygen atoms in total. The summed E-state index contributed by atoms with van der Waals surface area (Å²) in [6.45, 7) is 4.94. The fraction of sp³-hybridized carbons (Fsp3) is 0.372. The van der Waals surface area contributed by atoms with Crippen molar-refractivity contribution in [1.82, 2.24) is 40.0 Å². The Kier molecular flexibility index (Phi) is 9.43. The summed E-state index contributed by atoms with van der Waals surface area (Å²) in [6, 6.07) is 16.4. The standard InChI is InChI=1S/C43H43ClFN11O4/c1-46-33-19-37(51-56-36(21-48-39(33)56)40(58)49-32-18-30(32)45)54-13-9-28-27(3-2-4-34(28)54)31-8-5-25(20-47-31)22-52-23-43(24-52)11-15-53(16-12-43)41(59)26-6-7-29(44)35(17-26)55-14-10-38(57)50-42(55)60/h2-8,17,19-21,30,32,46H,9-16,18,22-24H2,1H3,(H,49,58)(H,50,57,60)/t30-,32+/m0/s1. The summed E-state index contributed by atoms with van der Waals surface area (Å²) in [5.74, 6) is -0.156. The van der Waals surface area contributed by atoms with Gasteiger partial charge in [-0.3, -0.25) is 34.5 Å². The zero-order valence-corrected chi connectivity index (χ0v) is 33.7. The first-order valence-corrected chi connectivity index (χ1v) is 20.7. The molecule has 60 heavy (non-hydrogen) atoms. The number of nitrogens with one attached hydrogen (secondary N) is 3. The number of nitrogens with zero attached hydrogens (tertiary/aromatic N) is 8. The van der Waals surface area contributed by atoms with Gasteiger partial charge < -0.3 is 20.4 Å². The average molecular weight is 832 g/mol. The third-order valence-corrected chi connectivity index (χ3v) is 12.9. The van der Waals surface area contributed by atoms with Gasteiger partial charge in [0.1, 0.15) is 6.17 Å². The Morgan fingerprint density at radius 2 is 1.75 bits per heavy atom. The van der Waals surface area contributed by atoms with Crippen molar-refractivity contribution in [2.24, 2.45) is 5.41 Å². The summed E-state index contributed by atoms with van der Waals surface area (Å²) in [4.78, 5) is 67.9. The Hall–Kier alpha value is -6.13.